The predicted octanol–water partition coefficient (Wildman–Crippen LogP) is -2.27. The molecule has 1 N–H and O–H groups in total. The van der Waals surface area contributed by atoms with Gasteiger partial charge in [0, 0.05) is 6.42 Å². The number of nitrogens with zero attached hydrogens (tertiary/aromatic N) is 1. The number of halogens is 1. The first-order valence-corrected chi connectivity index (χ1v) is 4.15. The summed E-state index contributed by atoms with van der Waals surface area (Å²) in [4.78, 5) is 11.0. The van der Waals surface area contributed by atoms with Crippen LogP contribution in [-0.2, 0) is 4.79 Å². The Labute approximate surface area is 97.8 Å². The molecule has 13 heavy (non-hydrogen) atoms. The monoisotopic (exact) mass is 298 g/mol. The van der Waals surface area contributed by atoms with Gasteiger partial charge in [-0.2, -0.15) is 0 Å². The van der Waals surface area contributed by atoms with Crippen molar-refractivity contribution in [2.75, 3.05) is 21.1 Å². The summed E-state index contributed by atoms with van der Waals surface area (Å²) >= 11 is 0. The predicted molar refractivity (Wildman–Crippen MR) is 50.5 cm³/mol. The molecule has 0 saturated heterocycles. The van der Waals surface area contributed by atoms with E-state index in [1.54, 1.807) is 0 Å². The fourth-order valence-electron chi connectivity index (χ4n) is 1.07. The molecule has 0 bridgehead atoms. The SMILES string of the molecule is C=CC(=O)NC(CC)[N+](C)(C)C.[I-]. The zero-order valence-corrected chi connectivity index (χ0v) is 11.0. The van der Waals surface area contributed by atoms with Gasteiger partial charge in [-0.25, -0.2) is 0 Å². The molecule has 1 unspecified atom stereocenters. The van der Waals surface area contributed by atoms with E-state index in [4.69, 9.17) is 0 Å². The van der Waals surface area contributed by atoms with Gasteiger partial charge in [0.05, 0.1) is 21.1 Å². The highest BCUT2D eigenvalue weighted by Gasteiger charge is 2.22. The molecule has 0 aliphatic heterocycles. The van der Waals surface area contributed by atoms with Crippen LogP contribution in [0.2, 0.25) is 0 Å². The third kappa shape index (κ3) is 6.04. The average molecular weight is 298 g/mol. The summed E-state index contributed by atoms with van der Waals surface area (Å²) in [5, 5.41) is 2.87. The van der Waals surface area contributed by atoms with Gasteiger partial charge in [0.25, 0.3) is 0 Å². The molecule has 0 radical (unpaired) electrons. The van der Waals surface area contributed by atoms with Crippen LogP contribution in [0.15, 0.2) is 12.7 Å². The Morgan fingerprint density at radius 2 is 2.00 bits per heavy atom. The van der Waals surface area contributed by atoms with Crippen LogP contribution < -0.4 is 29.3 Å². The van der Waals surface area contributed by atoms with Crippen molar-refractivity contribution in [3.8, 4) is 0 Å². The maximum Gasteiger partial charge on any atom is 0.247 e. The lowest BCUT2D eigenvalue weighted by atomic mass is 10.3. The Morgan fingerprint density at radius 3 is 2.23 bits per heavy atom. The number of carbonyl (C=O) groups excluding carboxylic acids is 1. The second-order valence-electron chi connectivity index (χ2n) is 3.75. The summed E-state index contributed by atoms with van der Waals surface area (Å²) in [5.41, 5.74) is 0. The van der Waals surface area contributed by atoms with Crippen LogP contribution in [0, 0.1) is 0 Å². The van der Waals surface area contributed by atoms with Gasteiger partial charge < -0.3 is 33.8 Å². The Kier molecular flexibility index (Phi) is 7.53. The van der Waals surface area contributed by atoms with E-state index < -0.39 is 0 Å². The molecule has 3 nitrogen and oxygen atoms in total. The summed E-state index contributed by atoms with van der Waals surface area (Å²) in [7, 11) is 6.16. The third-order valence-electron chi connectivity index (χ3n) is 1.82. The van der Waals surface area contributed by atoms with Crippen molar-refractivity contribution in [1.29, 1.82) is 0 Å². The molecule has 0 heterocycles. The Balaban J connectivity index is 0. The van der Waals surface area contributed by atoms with E-state index in [0.29, 0.717) is 0 Å². The molecular formula is C9H19IN2O. The van der Waals surface area contributed by atoms with Crippen molar-refractivity contribution in [3.63, 3.8) is 0 Å². The van der Waals surface area contributed by atoms with E-state index in [0.717, 1.165) is 10.9 Å². The highest BCUT2D eigenvalue weighted by Crippen LogP contribution is 2.03. The standard InChI is InChI=1S/C9H18N2O.HI/c1-6-8(11(3,4)5)10-9(12)7-2;/h7-8H,2,6H2,1,3-5H3;1H. The first-order valence-electron chi connectivity index (χ1n) is 4.15. The van der Waals surface area contributed by atoms with Crippen molar-refractivity contribution < 1.29 is 33.3 Å². The molecule has 0 rings (SSSR count). The van der Waals surface area contributed by atoms with Crippen molar-refractivity contribution in [2.24, 2.45) is 0 Å². The van der Waals surface area contributed by atoms with E-state index in [9.17, 15) is 4.79 Å². The molecule has 0 aromatic rings. The minimum absolute atomic E-state index is 0. The van der Waals surface area contributed by atoms with Gasteiger partial charge in [-0.15, -0.1) is 0 Å². The molecule has 0 aromatic carbocycles. The second kappa shape index (κ2) is 6.37. The molecule has 1 amide bonds. The fourth-order valence-corrected chi connectivity index (χ4v) is 1.07. The highest BCUT2D eigenvalue weighted by atomic mass is 127. The highest BCUT2D eigenvalue weighted by molar-refractivity contribution is 5.86. The van der Waals surface area contributed by atoms with Gasteiger partial charge in [0.2, 0.25) is 5.91 Å². The van der Waals surface area contributed by atoms with Gasteiger partial charge in [0.15, 0.2) is 6.17 Å². The molecule has 0 aliphatic carbocycles. The molecule has 78 valence electrons. The number of carbonyl (C=O) groups is 1. The molecule has 0 saturated carbocycles. The minimum Gasteiger partial charge on any atom is -1.00 e. The van der Waals surface area contributed by atoms with Crippen LogP contribution in [0.25, 0.3) is 0 Å². The Morgan fingerprint density at radius 1 is 1.54 bits per heavy atom. The maximum absolute atomic E-state index is 11.0. The van der Waals surface area contributed by atoms with E-state index in [-0.39, 0.29) is 36.0 Å². The summed E-state index contributed by atoms with van der Waals surface area (Å²) in [6, 6.07) is 0. The lowest BCUT2D eigenvalue weighted by Crippen LogP contribution is -3.00. The summed E-state index contributed by atoms with van der Waals surface area (Å²) in [6.45, 7) is 5.46. The molecule has 0 aromatic heterocycles. The number of rotatable bonds is 4. The number of hydrogen-bond acceptors (Lipinski definition) is 1. The Hall–Kier alpha value is -0.100. The van der Waals surface area contributed by atoms with Gasteiger partial charge in [0.1, 0.15) is 0 Å². The molecule has 0 aliphatic rings. The van der Waals surface area contributed by atoms with Crippen LogP contribution in [0.1, 0.15) is 13.3 Å². The fraction of sp³-hybridized carbons (Fsp3) is 0.667. The van der Waals surface area contributed by atoms with E-state index >= 15 is 0 Å². The number of quaternary nitrogens is 1. The number of hydrogen-bond donors (Lipinski definition) is 1. The third-order valence-corrected chi connectivity index (χ3v) is 1.82. The zero-order valence-electron chi connectivity index (χ0n) is 8.80. The summed E-state index contributed by atoms with van der Waals surface area (Å²) in [5.74, 6) is -0.102. The lowest BCUT2D eigenvalue weighted by molar-refractivity contribution is -0.898. The first-order chi connectivity index (χ1) is 5.41. The Bertz CT molecular complexity index is 175. The van der Waals surface area contributed by atoms with Crippen molar-refractivity contribution in [3.05, 3.63) is 12.7 Å². The average Bonchev–Trinajstić information content (AvgIpc) is 1.97. The molecular weight excluding hydrogens is 279 g/mol. The molecule has 1 atom stereocenters. The van der Waals surface area contributed by atoms with E-state index in [1.807, 2.05) is 0 Å². The molecule has 0 spiro atoms. The largest absolute Gasteiger partial charge is 1.00 e. The first kappa shape index (κ1) is 15.4. The van der Waals surface area contributed by atoms with Gasteiger partial charge in [-0.05, 0) is 6.08 Å². The normalized spacial score (nSPS) is 12.6. The quantitative estimate of drug-likeness (QED) is 0.270. The summed E-state index contributed by atoms with van der Waals surface area (Å²) in [6.07, 6.45) is 2.39. The van der Waals surface area contributed by atoms with Crippen LogP contribution in [0.3, 0.4) is 0 Å². The minimum atomic E-state index is -0.102. The topological polar surface area (TPSA) is 29.1 Å². The lowest BCUT2D eigenvalue weighted by Gasteiger charge is -2.33. The van der Waals surface area contributed by atoms with Crippen molar-refractivity contribution in [2.45, 2.75) is 19.5 Å². The molecule has 0 fully saturated rings. The summed E-state index contributed by atoms with van der Waals surface area (Å²) < 4.78 is 0.732. The number of nitrogens with one attached hydrogen (secondary N) is 1. The van der Waals surface area contributed by atoms with Crippen LogP contribution in [0.4, 0.5) is 0 Å². The van der Waals surface area contributed by atoms with Crippen molar-refractivity contribution >= 4 is 5.91 Å². The zero-order chi connectivity index (χ0) is 9.78. The van der Waals surface area contributed by atoms with E-state index in [1.165, 1.54) is 6.08 Å². The van der Waals surface area contributed by atoms with E-state index in [2.05, 4.69) is 40.0 Å². The number of amides is 1. The smallest absolute Gasteiger partial charge is 0.247 e. The second-order valence-corrected chi connectivity index (χ2v) is 3.75. The van der Waals surface area contributed by atoms with Crippen LogP contribution in [0.5, 0.6) is 0 Å². The van der Waals surface area contributed by atoms with Gasteiger partial charge in [-0.3, -0.25) is 4.79 Å². The van der Waals surface area contributed by atoms with Gasteiger partial charge in [-0.1, -0.05) is 13.5 Å². The van der Waals surface area contributed by atoms with Crippen LogP contribution >= 0.6 is 0 Å². The van der Waals surface area contributed by atoms with Gasteiger partial charge >= 0.3 is 0 Å². The molecule has 4 heteroatoms. The van der Waals surface area contributed by atoms with Crippen LogP contribution in [-0.4, -0.2) is 37.7 Å². The van der Waals surface area contributed by atoms with Crippen molar-refractivity contribution in [1.82, 2.24) is 5.32 Å². The maximum atomic E-state index is 11.0.